The lowest BCUT2D eigenvalue weighted by atomic mass is 9.95. The molecule has 0 unspecified atom stereocenters. The Labute approximate surface area is 254 Å². The van der Waals surface area contributed by atoms with Crippen molar-refractivity contribution in [2.75, 3.05) is 25.1 Å². The van der Waals surface area contributed by atoms with Gasteiger partial charge >= 0.3 is 0 Å². The van der Waals surface area contributed by atoms with Crippen molar-refractivity contribution in [1.29, 1.82) is 0 Å². The molecule has 0 aromatic heterocycles. The van der Waals surface area contributed by atoms with E-state index in [0.717, 1.165) is 47.5 Å². The van der Waals surface area contributed by atoms with Gasteiger partial charge in [-0.25, -0.2) is 8.42 Å². The highest BCUT2D eigenvalue weighted by molar-refractivity contribution is 7.92. The molecule has 1 fully saturated rings. The molecule has 2 amide bonds. The van der Waals surface area contributed by atoms with Crippen molar-refractivity contribution in [3.63, 3.8) is 0 Å². The molecule has 10 heteroatoms. The quantitative estimate of drug-likeness (QED) is 0.308. The lowest BCUT2D eigenvalue weighted by Crippen LogP contribution is -2.53. The molecule has 0 spiro atoms. The number of hydrogen-bond donors (Lipinski definition) is 1. The van der Waals surface area contributed by atoms with Crippen LogP contribution in [0.5, 0.6) is 11.5 Å². The second kappa shape index (κ2) is 14.4. The summed E-state index contributed by atoms with van der Waals surface area (Å²) in [5.41, 5.74) is 2.11. The summed E-state index contributed by atoms with van der Waals surface area (Å²) < 4.78 is 39.9. The van der Waals surface area contributed by atoms with E-state index in [9.17, 15) is 18.0 Å². The Balaban J connectivity index is 1.70. The summed E-state index contributed by atoms with van der Waals surface area (Å²) in [5, 5.41) is 3.12. The van der Waals surface area contributed by atoms with Gasteiger partial charge in [0.25, 0.3) is 10.0 Å². The van der Waals surface area contributed by atoms with Gasteiger partial charge in [-0.2, -0.15) is 0 Å². The predicted molar refractivity (Wildman–Crippen MR) is 167 cm³/mol. The highest BCUT2D eigenvalue weighted by Gasteiger charge is 2.34. The van der Waals surface area contributed by atoms with Gasteiger partial charge in [-0.15, -0.1) is 0 Å². The Hall–Kier alpha value is -4.05. The van der Waals surface area contributed by atoms with Crippen molar-refractivity contribution < 1.29 is 27.5 Å². The van der Waals surface area contributed by atoms with Crippen molar-refractivity contribution in [3.8, 4) is 11.5 Å². The van der Waals surface area contributed by atoms with E-state index in [1.807, 2.05) is 31.2 Å². The SMILES string of the molecule is COc1ccc(S(=O)(=O)N(CC(=O)N(Cc2ccc(C)cc2)[C@H](C)C(=O)NC2CCCCC2)c2ccccc2OC)cc1. The summed E-state index contributed by atoms with van der Waals surface area (Å²) in [6.45, 7) is 3.26. The summed E-state index contributed by atoms with van der Waals surface area (Å²) in [5.74, 6) is 0.0191. The highest BCUT2D eigenvalue weighted by atomic mass is 32.2. The second-order valence-corrected chi connectivity index (χ2v) is 12.7. The normalized spacial score (nSPS) is 14.4. The Bertz CT molecular complexity index is 1490. The molecular weight excluding hydrogens is 566 g/mol. The summed E-state index contributed by atoms with van der Waals surface area (Å²) in [7, 11) is -1.30. The molecule has 1 aliphatic carbocycles. The van der Waals surface area contributed by atoms with Crippen molar-refractivity contribution in [2.24, 2.45) is 0 Å². The number of nitrogens with zero attached hydrogens (tertiary/aromatic N) is 2. The van der Waals surface area contributed by atoms with E-state index in [1.54, 1.807) is 43.3 Å². The number of methoxy groups -OCH3 is 2. The molecular formula is C33H41N3O6S. The second-order valence-electron chi connectivity index (χ2n) is 10.9. The minimum absolute atomic E-state index is 0.0137. The number of nitrogens with one attached hydrogen (secondary N) is 1. The van der Waals surface area contributed by atoms with Crippen LogP contribution in [0.15, 0.2) is 77.7 Å². The average molecular weight is 608 g/mol. The molecule has 0 aliphatic heterocycles. The molecule has 3 aromatic carbocycles. The van der Waals surface area contributed by atoms with Crippen LogP contribution in [0.4, 0.5) is 5.69 Å². The topological polar surface area (TPSA) is 105 Å². The van der Waals surface area contributed by atoms with E-state index in [0.29, 0.717) is 11.5 Å². The van der Waals surface area contributed by atoms with Crippen LogP contribution in [-0.2, 0) is 26.2 Å². The average Bonchev–Trinajstić information content (AvgIpc) is 3.03. The molecule has 0 radical (unpaired) electrons. The van der Waals surface area contributed by atoms with Crippen LogP contribution in [0, 0.1) is 6.92 Å². The van der Waals surface area contributed by atoms with E-state index in [4.69, 9.17) is 9.47 Å². The number of carbonyl (C=O) groups is 2. The van der Waals surface area contributed by atoms with Crippen LogP contribution in [0.1, 0.15) is 50.2 Å². The van der Waals surface area contributed by atoms with Gasteiger partial charge in [0, 0.05) is 12.6 Å². The number of sulfonamides is 1. The molecule has 9 nitrogen and oxygen atoms in total. The minimum atomic E-state index is -4.24. The Kier molecular flexibility index (Phi) is 10.7. The summed E-state index contributed by atoms with van der Waals surface area (Å²) >= 11 is 0. The van der Waals surface area contributed by atoms with Gasteiger partial charge in [-0.1, -0.05) is 61.2 Å². The number of amides is 2. The first kappa shape index (κ1) is 31.9. The summed E-state index contributed by atoms with van der Waals surface area (Å²) in [4.78, 5) is 29.1. The lowest BCUT2D eigenvalue weighted by molar-refractivity contribution is -0.139. The molecule has 0 saturated heterocycles. The maximum Gasteiger partial charge on any atom is 0.264 e. The van der Waals surface area contributed by atoms with Crippen LogP contribution in [-0.4, -0.2) is 58.0 Å². The van der Waals surface area contributed by atoms with Crippen molar-refractivity contribution in [2.45, 2.75) is 69.5 Å². The van der Waals surface area contributed by atoms with Gasteiger partial charge in [-0.3, -0.25) is 13.9 Å². The van der Waals surface area contributed by atoms with Gasteiger partial charge in [0.2, 0.25) is 11.8 Å². The van der Waals surface area contributed by atoms with Crippen molar-refractivity contribution >= 4 is 27.5 Å². The van der Waals surface area contributed by atoms with Crippen LogP contribution in [0.3, 0.4) is 0 Å². The fourth-order valence-corrected chi connectivity index (χ4v) is 6.69. The number of benzene rings is 3. The predicted octanol–water partition coefficient (Wildman–Crippen LogP) is 5.07. The maximum absolute atomic E-state index is 14.2. The van der Waals surface area contributed by atoms with E-state index in [2.05, 4.69) is 5.32 Å². The van der Waals surface area contributed by atoms with Crippen LogP contribution < -0.4 is 19.1 Å². The van der Waals surface area contributed by atoms with Gasteiger partial charge in [0.05, 0.1) is 24.8 Å². The zero-order valence-electron chi connectivity index (χ0n) is 25.3. The highest BCUT2D eigenvalue weighted by Crippen LogP contribution is 2.33. The first-order valence-corrected chi connectivity index (χ1v) is 16.0. The number of anilines is 1. The molecule has 1 atom stereocenters. The molecule has 1 N–H and O–H groups in total. The minimum Gasteiger partial charge on any atom is -0.497 e. The van der Waals surface area contributed by atoms with Crippen LogP contribution in [0.2, 0.25) is 0 Å². The van der Waals surface area contributed by atoms with Gasteiger partial charge < -0.3 is 19.7 Å². The Morgan fingerprint density at radius 1 is 0.907 bits per heavy atom. The van der Waals surface area contributed by atoms with Gasteiger partial charge in [0.1, 0.15) is 24.1 Å². The molecule has 1 saturated carbocycles. The summed E-state index contributed by atoms with van der Waals surface area (Å²) in [6, 6.07) is 19.6. The third kappa shape index (κ3) is 7.87. The number of ether oxygens (including phenoxy) is 2. The molecule has 230 valence electrons. The van der Waals surface area contributed by atoms with Crippen LogP contribution in [0.25, 0.3) is 0 Å². The zero-order valence-corrected chi connectivity index (χ0v) is 26.1. The Morgan fingerprint density at radius 2 is 1.56 bits per heavy atom. The standard InChI is InChI=1S/C33H41N3O6S/c1-24-14-16-26(17-15-24)22-35(25(2)33(38)34-27-10-6-5-7-11-27)32(37)23-36(30-12-8-9-13-31(30)42-4)43(39,40)29-20-18-28(41-3)19-21-29/h8-9,12-21,25,27H,5-7,10-11,22-23H2,1-4H3,(H,34,38)/t25-/m1/s1. The fourth-order valence-electron chi connectivity index (χ4n) is 5.27. The molecule has 4 rings (SSSR count). The lowest BCUT2D eigenvalue weighted by Gasteiger charge is -2.33. The third-order valence-electron chi connectivity index (χ3n) is 7.87. The summed E-state index contributed by atoms with van der Waals surface area (Å²) in [6.07, 6.45) is 5.09. The smallest absolute Gasteiger partial charge is 0.264 e. The zero-order chi connectivity index (χ0) is 31.0. The first-order chi connectivity index (χ1) is 20.6. The van der Waals surface area contributed by atoms with Crippen LogP contribution >= 0.6 is 0 Å². The number of carbonyl (C=O) groups excluding carboxylic acids is 2. The van der Waals surface area contributed by atoms with E-state index in [-0.39, 0.29) is 29.1 Å². The number of para-hydroxylation sites is 2. The fraction of sp³-hybridized carbons (Fsp3) is 0.394. The van der Waals surface area contributed by atoms with E-state index < -0.39 is 28.5 Å². The third-order valence-corrected chi connectivity index (χ3v) is 9.65. The molecule has 3 aromatic rings. The number of rotatable bonds is 12. The monoisotopic (exact) mass is 607 g/mol. The first-order valence-electron chi connectivity index (χ1n) is 14.6. The molecule has 0 heterocycles. The number of hydrogen-bond acceptors (Lipinski definition) is 6. The van der Waals surface area contributed by atoms with E-state index >= 15 is 0 Å². The van der Waals surface area contributed by atoms with Gasteiger partial charge in [-0.05, 0) is 68.7 Å². The largest absolute Gasteiger partial charge is 0.497 e. The van der Waals surface area contributed by atoms with E-state index in [1.165, 1.54) is 31.3 Å². The maximum atomic E-state index is 14.2. The van der Waals surface area contributed by atoms with Crippen molar-refractivity contribution in [3.05, 3.63) is 83.9 Å². The molecule has 43 heavy (non-hydrogen) atoms. The van der Waals surface area contributed by atoms with Crippen molar-refractivity contribution in [1.82, 2.24) is 10.2 Å². The number of aryl methyl sites for hydroxylation is 1. The molecule has 1 aliphatic rings. The van der Waals surface area contributed by atoms with Gasteiger partial charge in [0.15, 0.2) is 0 Å². The molecule has 0 bridgehead atoms. The Morgan fingerprint density at radius 3 is 2.19 bits per heavy atom.